The zero-order valence-electron chi connectivity index (χ0n) is 15.9. The van der Waals surface area contributed by atoms with E-state index >= 15 is 0 Å². The highest BCUT2D eigenvalue weighted by molar-refractivity contribution is 6.88. The van der Waals surface area contributed by atoms with Crippen molar-refractivity contribution in [3.63, 3.8) is 0 Å². The maximum atomic E-state index is 2.83. The Kier molecular flexibility index (Phi) is 3.50. The van der Waals surface area contributed by atoms with Gasteiger partial charge in [0.25, 0.3) is 0 Å². The van der Waals surface area contributed by atoms with E-state index in [2.05, 4.69) is 60.6 Å². The zero-order valence-corrected chi connectivity index (χ0v) is 16.9. The highest BCUT2D eigenvalue weighted by atomic mass is 28.3. The Bertz CT molecular complexity index is 826. The summed E-state index contributed by atoms with van der Waals surface area (Å²) in [6, 6.07) is 14.9. The largest absolute Gasteiger partial charge is 0.213 e. The summed E-state index contributed by atoms with van der Waals surface area (Å²) in [5.41, 5.74) is 6.35. The van der Waals surface area contributed by atoms with E-state index in [9.17, 15) is 0 Å². The fraction of sp³-hybridized carbons (Fsp3) is 0.522. The molecule has 5 rings (SSSR count). The van der Waals surface area contributed by atoms with Gasteiger partial charge in [-0.2, -0.15) is 4.57 Å². The summed E-state index contributed by atoms with van der Waals surface area (Å²) >= 11 is 0. The Labute approximate surface area is 153 Å². The Morgan fingerprint density at radius 2 is 1.68 bits per heavy atom. The maximum Gasteiger partial charge on any atom is 0.213 e. The second-order valence-electron chi connectivity index (χ2n) is 9.47. The van der Waals surface area contributed by atoms with Crippen LogP contribution in [0.15, 0.2) is 36.4 Å². The van der Waals surface area contributed by atoms with Gasteiger partial charge in [-0.25, -0.2) is 0 Å². The zero-order chi connectivity index (χ0) is 17.2. The first-order chi connectivity index (χ1) is 12.1. The number of benzene rings is 1. The van der Waals surface area contributed by atoms with Crippen LogP contribution < -0.4 is 9.75 Å². The first kappa shape index (κ1) is 15.8. The fourth-order valence-corrected chi connectivity index (χ4v) is 7.12. The smallest absolute Gasteiger partial charge is 0.192 e. The van der Waals surface area contributed by atoms with Crippen LogP contribution in [-0.4, -0.2) is 8.07 Å². The van der Waals surface area contributed by atoms with Crippen LogP contribution in [0.25, 0.3) is 11.3 Å². The summed E-state index contributed by atoms with van der Waals surface area (Å²) in [5.74, 6) is 1.56. The molecule has 1 aromatic carbocycles. The molecule has 0 saturated heterocycles. The normalized spacial score (nSPS) is 25.1. The molecule has 0 N–H and O–H groups in total. The van der Waals surface area contributed by atoms with Crippen molar-refractivity contribution in [3.8, 4) is 11.3 Å². The van der Waals surface area contributed by atoms with Crippen molar-refractivity contribution in [2.45, 2.75) is 76.0 Å². The molecule has 0 spiro atoms. The molecule has 2 atom stereocenters. The molecule has 2 saturated carbocycles. The molecule has 2 fully saturated rings. The van der Waals surface area contributed by atoms with Gasteiger partial charge in [0.2, 0.25) is 5.69 Å². The quantitative estimate of drug-likeness (QED) is 0.514. The standard InChI is InChI=1S/C23H30NSi/c1-25(2,3)22-14-13-20-18-12-8-7-11-17(18)19-15-21(19)24(20)23(22)16-9-5-4-6-10-16/h7-8,11-14,16,19,21H,4-6,9-10,15H2,1-3H3/q+1. The van der Waals surface area contributed by atoms with Crippen LogP contribution in [0.3, 0.4) is 0 Å². The third-order valence-corrected chi connectivity index (χ3v) is 8.77. The summed E-state index contributed by atoms with van der Waals surface area (Å²) in [6.07, 6.45) is 8.44. The molecule has 1 aliphatic heterocycles. The highest BCUT2D eigenvalue weighted by Gasteiger charge is 2.55. The summed E-state index contributed by atoms with van der Waals surface area (Å²) in [4.78, 5) is 0. The molecule has 2 aromatic rings. The molecule has 2 unspecified atom stereocenters. The van der Waals surface area contributed by atoms with Crippen LogP contribution in [0.1, 0.15) is 67.7 Å². The van der Waals surface area contributed by atoms with E-state index < -0.39 is 8.07 Å². The number of hydrogen-bond donors (Lipinski definition) is 0. The second kappa shape index (κ2) is 5.54. The van der Waals surface area contributed by atoms with Crippen molar-refractivity contribution in [3.05, 3.63) is 47.7 Å². The van der Waals surface area contributed by atoms with Gasteiger partial charge in [-0.05, 0) is 24.5 Å². The molecule has 3 aliphatic rings. The number of fused-ring (bicyclic) bond motifs is 6. The number of hydrogen-bond acceptors (Lipinski definition) is 0. The molecule has 25 heavy (non-hydrogen) atoms. The average molecular weight is 349 g/mol. The monoisotopic (exact) mass is 348 g/mol. The molecule has 2 heteroatoms. The van der Waals surface area contributed by atoms with Crippen LogP contribution in [0.4, 0.5) is 0 Å². The summed E-state index contributed by atoms with van der Waals surface area (Å²) in [5, 5.41) is 1.73. The molecular formula is C23H30NSi+. The van der Waals surface area contributed by atoms with E-state index in [1.807, 2.05) is 0 Å². The van der Waals surface area contributed by atoms with E-state index in [1.54, 1.807) is 16.4 Å². The molecule has 0 radical (unpaired) electrons. The number of rotatable bonds is 2. The van der Waals surface area contributed by atoms with Gasteiger partial charge >= 0.3 is 0 Å². The molecule has 1 aromatic heterocycles. The molecule has 130 valence electrons. The van der Waals surface area contributed by atoms with Crippen LogP contribution >= 0.6 is 0 Å². The van der Waals surface area contributed by atoms with Crippen molar-refractivity contribution in [1.82, 2.24) is 0 Å². The van der Waals surface area contributed by atoms with Crippen molar-refractivity contribution >= 4 is 13.3 Å². The van der Waals surface area contributed by atoms with Crippen molar-refractivity contribution in [1.29, 1.82) is 0 Å². The van der Waals surface area contributed by atoms with Crippen LogP contribution in [0, 0.1) is 0 Å². The number of pyridine rings is 1. The lowest BCUT2D eigenvalue weighted by molar-refractivity contribution is -0.700. The molecule has 2 aliphatic carbocycles. The van der Waals surface area contributed by atoms with Crippen molar-refractivity contribution in [2.24, 2.45) is 0 Å². The lowest BCUT2D eigenvalue weighted by Crippen LogP contribution is -2.53. The van der Waals surface area contributed by atoms with E-state index in [-0.39, 0.29) is 0 Å². The van der Waals surface area contributed by atoms with Gasteiger partial charge in [-0.3, -0.25) is 0 Å². The first-order valence-corrected chi connectivity index (χ1v) is 13.7. The predicted octanol–water partition coefficient (Wildman–Crippen LogP) is 5.28. The molecule has 2 heterocycles. The number of nitrogens with zero attached hydrogens (tertiary/aromatic N) is 1. The average Bonchev–Trinajstić information content (AvgIpc) is 3.42. The number of aromatic nitrogens is 1. The van der Waals surface area contributed by atoms with Gasteiger partial charge < -0.3 is 0 Å². The van der Waals surface area contributed by atoms with Gasteiger partial charge in [-0.15, -0.1) is 0 Å². The van der Waals surface area contributed by atoms with Crippen LogP contribution in [0.5, 0.6) is 0 Å². The first-order valence-electron chi connectivity index (χ1n) is 10.2. The Hall–Kier alpha value is -1.41. The van der Waals surface area contributed by atoms with E-state index in [0.717, 1.165) is 17.9 Å². The van der Waals surface area contributed by atoms with E-state index in [0.29, 0.717) is 0 Å². The lowest BCUT2D eigenvalue weighted by Gasteiger charge is -2.29. The minimum atomic E-state index is -1.34. The van der Waals surface area contributed by atoms with E-state index in [4.69, 9.17) is 0 Å². The summed E-state index contributed by atoms with van der Waals surface area (Å²) in [6.45, 7) is 7.59. The Balaban J connectivity index is 1.76. The van der Waals surface area contributed by atoms with Crippen LogP contribution in [-0.2, 0) is 0 Å². The highest BCUT2D eigenvalue weighted by Crippen LogP contribution is 2.54. The fourth-order valence-electron chi connectivity index (χ4n) is 5.45. The van der Waals surface area contributed by atoms with E-state index in [1.165, 1.54) is 49.8 Å². The molecule has 0 bridgehead atoms. The lowest BCUT2D eigenvalue weighted by atomic mass is 9.85. The predicted molar refractivity (Wildman–Crippen MR) is 107 cm³/mol. The Morgan fingerprint density at radius 1 is 0.920 bits per heavy atom. The molecule has 0 amide bonds. The SMILES string of the molecule is C[Si](C)(C)c1ccc2[n+](c1C1CCCCC1)C1CC1c1ccccc1-2. The molecular weight excluding hydrogens is 318 g/mol. The van der Waals surface area contributed by atoms with Crippen LogP contribution in [0.2, 0.25) is 19.6 Å². The molecule has 1 nitrogen and oxygen atoms in total. The second-order valence-corrected chi connectivity index (χ2v) is 14.5. The topological polar surface area (TPSA) is 3.88 Å². The minimum absolute atomic E-state index is 0.734. The van der Waals surface area contributed by atoms with Crippen molar-refractivity contribution < 1.29 is 4.57 Å². The van der Waals surface area contributed by atoms with Gasteiger partial charge in [0.1, 0.15) is 0 Å². The third-order valence-electron chi connectivity index (χ3n) is 6.73. The van der Waals surface area contributed by atoms with Gasteiger partial charge in [-0.1, -0.05) is 63.2 Å². The van der Waals surface area contributed by atoms with Crippen molar-refractivity contribution in [2.75, 3.05) is 0 Å². The minimum Gasteiger partial charge on any atom is -0.192 e. The van der Waals surface area contributed by atoms with Gasteiger partial charge in [0.05, 0.1) is 14.0 Å². The Morgan fingerprint density at radius 3 is 2.44 bits per heavy atom. The summed E-state index contributed by atoms with van der Waals surface area (Å²) in [7, 11) is -1.34. The van der Waals surface area contributed by atoms with Gasteiger partial charge in [0, 0.05) is 29.2 Å². The maximum absolute atomic E-state index is 2.83. The summed E-state index contributed by atoms with van der Waals surface area (Å²) < 4.78 is 2.83. The third kappa shape index (κ3) is 2.44. The van der Waals surface area contributed by atoms with Gasteiger partial charge in [0.15, 0.2) is 11.7 Å².